The normalized spacial score (nSPS) is 27.5. The second-order valence-electron chi connectivity index (χ2n) is 10.3. The second-order valence-corrected chi connectivity index (χ2v) is 10.3. The van der Waals surface area contributed by atoms with Crippen LogP contribution in [0.5, 0.6) is 11.5 Å². The number of carbonyl (C=O) groups excluding carboxylic acids is 1. The van der Waals surface area contributed by atoms with Crippen molar-refractivity contribution in [2.24, 2.45) is 17.8 Å². The molecule has 5 nitrogen and oxygen atoms in total. The number of nitrogens with one attached hydrogen (secondary N) is 1. The van der Waals surface area contributed by atoms with Gasteiger partial charge in [0.05, 0.1) is 31.0 Å². The summed E-state index contributed by atoms with van der Waals surface area (Å²) in [6.07, 6.45) is 7.46. The van der Waals surface area contributed by atoms with Crippen LogP contribution in [-0.2, 0) is 0 Å². The molecule has 1 N–H and O–H groups in total. The Morgan fingerprint density at radius 1 is 0.939 bits per heavy atom. The van der Waals surface area contributed by atoms with Gasteiger partial charge < -0.3 is 14.8 Å². The van der Waals surface area contributed by atoms with Gasteiger partial charge >= 0.3 is 0 Å². The molecule has 5 heteroatoms. The highest BCUT2D eigenvalue weighted by atomic mass is 16.5. The number of amides is 1. The third-order valence-electron chi connectivity index (χ3n) is 8.06. The van der Waals surface area contributed by atoms with E-state index >= 15 is 0 Å². The number of aromatic nitrogens is 1. The first-order chi connectivity index (χ1) is 16.1. The summed E-state index contributed by atoms with van der Waals surface area (Å²) in [7, 11) is 3.27. The molecule has 4 fully saturated rings. The molecular weight excluding hydrogens is 412 g/mol. The van der Waals surface area contributed by atoms with Crippen molar-refractivity contribution in [2.45, 2.75) is 44.1 Å². The van der Waals surface area contributed by atoms with Gasteiger partial charge in [-0.05, 0) is 80.5 Å². The summed E-state index contributed by atoms with van der Waals surface area (Å²) >= 11 is 0. The highest BCUT2D eigenvalue weighted by Gasteiger charge is 2.51. The molecule has 0 saturated heterocycles. The van der Waals surface area contributed by atoms with E-state index in [2.05, 4.69) is 5.32 Å². The van der Waals surface area contributed by atoms with Crippen LogP contribution in [-0.4, -0.2) is 30.6 Å². The van der Waals surface area contributed by atoms with Crippen LogP contribution >= 0.6 is 0 Å². The fraction of sp³-hybridized carbons (Fsp3) is 0.429. The molecule has 0 spiro atoms. The van der Waals surface area contributed by atoms with Crippen molar-refractivity contribution in [2.75, 3.05) is 14.2 Å². The number of benzene rings is 2. The van der Waals surface area contributed by atoms with Gasteiger partial charge in [0.25, 0.3) is 5.91 Å². The van der Waals surface area contributed by atoms with E-state index in [0.717, 1.165) is 64.9 Å². The zero-order valence-electron chi connectivity index (χ0n) is 19.3. The molecule has 2 aromatic carbocycles. The van der Waals surface area contributed by atoms with Crippen LogP contribution in [0.1, 0.15) is 48.9 Å². The van der Waals surface area contributed by atoms with Crippen molar-refractivity contribution in [3.8, 4) is 22.8 Å². The van der Waals surface area contributed by atoms with E-state index < -0.39 is 0 Å². The highest BCUT2D eigenvalue weighted by molar-refractivity contribution is 6.07. The predicted octanol–water partition coefficient (Wildman–Crippen LogP) is 5.62. The van der Waals surface area contributed by atoms with Crippen LogP contribution in [0.15, 0.2) is 48.5 Å². The van der Waals surface area contributed by atoms with E-state index in [1.165, 1.54) is 19.3 Å². The Labute approximate surface area is 194 Å². The molecule has 0 radical (unpaired) electrons. The maximum atomic E-state index is 13.8. The minimum Gasteiger partial charge on any atom is -0.497 e. The first-order valence-electron chi connectivity index (χ1n) is 12.0. The lowest BCUT2D eigenvalue weighted by molar-refractivity contribution is -0.0166. The lowest BCUT2D eigenvalue weighted by Gasteiger charge is -2.56. The monoisotopic (exact) mass is 442 g/mol. The highest BCUT2D eigenvalue weighted by Crippen LogP contribution is 2.55. The average molecular weight is 443 g/mol. The fourth-order valence-corrected chi connectivity index (χ4v) is 7.08. The number of pyridine rings is 1. The third kappa shape index (κ3) is 3.54. The molecule has 1 heterocycles. The third-order valence-corrected chi connectivity index (χ3v) is 8.06. The average Bonchev–Trinajstić information content (AvgIpc) is 2.81. The molecular formula is C28H30N2O3. The number of para-hydroxylation sites is 1. The van der Waals surface area contributed by atoms with E-state index in [-0.39, 0.29) is 11.4 Å². The van der Waals surface area contributed by atoms with E-state index in [4.69, 9.17) is 14.5 Å². The zero-order chi connectivity index (χ0) is 22.6. The van der Waals surface area contributed by atoms with Crippen LogP contribution in [0, 0.1) is 17.8 Å². The van der Waals surface area contributed by atoms with Gasteiger partial charge in [0.1, 0.15) is 11.5 Å². The lowest BCUT2D eigenvalue weighted by Crippen LogP contribution is -2.59. The topological polar surface area (TPSA) is 60.5 Å². The molecule has 1 amide bonds. The maximum absolute atomic E-state index is 13.8. The number of methoxy groups -OCH3 is 2. The van der Waals surface area contributed by atoms with Crippen LogP contribution in [0.4, 0.5) is 0 Å². The largest absolute Gasteiger partial charge is 0.497 e. The quantitative estimate of drug-likeness (QED) is 0.557. The summed E-state index contributed by atoms with van der Waals surface area (Å²) in [4.78, 5) is 18.7. The van der Waals surface area contributed by atoms with Gasteiger partial charge in [-0.15, -0.1) is 0 Å². The lowest BCUT2D eigenvalue weighted by atomic mass is 9.53. The minimum absolute atomic E-state index is 0.0179. The van der Waals surface area contributed by atoms with Gasteiger partial charge in [-0.1, -0.05) is 18.2 Å². The molecule has 4 aliphatic rings. The molecule has 170 valence electrons. The van der Waals surface area contributed by atoms with Gasteiger partial charge in [-0.3, -0.25) is 4.79 Å². The first-order valence-corrected chi connectivity index (χ1v) is 12.0. The van der Waals surface area contributed by atoms with Gasteiger partial charge in [-0.2, -0.15) is 0 Å². The van der Waals surface area contributed by atoms with E-state index in [9.17, 15) is 4.79 Å². The number of rotatable bonds is 5. The SMILES string of the molecule is COc1ccc(-c2cc(C(=O)NC34CC5CC(CC(C5)C3)C4)c3ccccc3n2)c(OC)c1. The number of hydrogen-bond donors (Lipinski definition) is 1. The Hall–Kier alpha value is -3.08. The van der Waals surface area contributed by atoms with Gasteiger partial charge in [0.15, 0.2) is 0 Å². The summed E-state index contributed by atoms with van der Waals surface area (Å²) in [6.45, 7) is 0. The van der Waals surface area contributed by atoms with Crippen LogP contribution in [0.3, 0.4) is 0 Å². The number of hydrogen-bond acceptors (Lipinski definition) is 4. The van der Waals surface area contributed by atoms with E-state index in [0.29, 0.717) is 11.3 Å². The fourth-order valence-electron chi connectivity index (χ4n) is 7.08. The number of ether oxygens (including phenoxy) is 2. The molecule has 4 aliphatic carbocycles. The molecule has 3 aromatic rings. The van der Waals surface area contributed by atoms with Crippen molar-refractivity contribution < 1.29 is 14.3 Å². The molecule has 0 atom stereocenters. The second kappa shape index (κ2) is 7.75. The van der Waals surface area contributed by atoms with Crippen LogP contribution < -0.4 is 14.8 Å². The Morgan fingerprint density at radius 3 is 2.30 bits per heavy atom. The van der Waals surface area contributed by atoms with E-state index in [1.807, 2.05) is 48.5 Å². The molecule has 0 unspecified atom stereocenters. The standard InChI is InChI=1S/C28H30N2O3/c1-32-20-7-8-22(26(12-20)33-2)25-13-23(21-5-3-4-6-24(21)29-25)27(31)30-28-14-17-9-18(15-28)11-19(10-17)16-28/h3-8,12-13,17-19H,9-11,14-16H2,1-2H3,(H,30,31). The predicted molar refractivity (Wildman–Crippen MR) is 129 cm³/mol. The van der Waals surface area contributed by atoms with Crippen molar-refractivity contribution in [3.05, 3.63) is 54.1 Å². The Bertz CT molecular complexity index is 1200. The van der Waals surface area contributed by atoms with Gasteiger partial charge in [0, 0.05) is 22.6 Å². The summed E-state index contributed by atoms with van der Waals surface area (Å²) in [6, 6.07) is 15.5. The summed E-state index contributed by atoms with van der Waals surface area (Å²) in [5.74, 6) is 3.75. The number of fused-ring (bicyclic) bond motifs is 1. The summed E-state index contributed by atoms with van der Waals surface area (Å²) in [5, 5.41) is 4.43. The van der Waals surface area contributed by atoms with Crippen molar-refractivity contribution in [1.29, 1.82) is 0 Å². The minimum atomic E-state index is -0.0336. The Balaban J connectivity index is 1.41. The summed E-state index contributed by atoms with van der Waals surface area (Å²) < 4.78 is 11.0. The van der Waals surface area contributed by atoms with Crippen molar-refractivity contribution >= 4 is 16.8 Å². The van der Waals surface area contributed by atoms with Crippen LogP contribution in [0.2, 0.25) is 0 Å². The molecule has 1 aromatic heterocycles. The maximum Gasteiger partial charge on any atom is 0.252 e. The molecule has 0 aliphatic heterocycles. The Kier molecular flexibility index (Phi) is 4.82. The van der Waals surface area contributed by atoms with Crippen molar-refractivity contribution in [1.82, 2.24) is 10.3 Å². The van der Waals surface area contributed by atoms with Crippen LogP contribution in [0.25, 0.3) is 22.2 Å². The first kappa shape index (κ1) is 20.5. The molecule has 33 heavy (non-hydrogen) atoms. The van der Waals surface area contributed by atoms with Gasteiger partial charge in [-0.25, -0.2) is 4.98 Å². The molecule has 4 saturated carbocycles. The Morgan fingerprint density at radius 2 is 1.64 bits per heavy atom. The molecule has 4 bridgehead atoms. The molecule has 7 rings (SSSR count). The number of carbonyl (C=O) groups is 1. The van der Waals surface area contributed by atoms with E-state index in [1.54, 1.807) is 14.2 Å². The van der Waals surface area contributed by atoms with Gasteiger partial charge in [0.2, 0.25) is 0 Å². The smallest absolute Gasteiger partial charge is 0.252 e. The summed E-state index contributed by atoms with van der Waals surface area (Å²) in [5.41, 5.74) is 3.03. The zero-order valence-corrected chi connectivity index (χ0v) is 19.3. The number of nitrogens with zero attached hydrogens (tertiary/aromatic N) is 1. The van der Waals surface area contributed by atoms with Crippen molar-refractivity contribution in [3.63, 3.8) is 0 Å².